The van der Waals surface area contributed by atoms with Crippen molar-refractivity contribution in [1.29, 1.82) is 21.6 Å². The van der Waals surface area contributed by atoms with E-state index >= 15 is 0 Å². The Labute approximate surface area is 792 Å². The van der Waals surface area contributed by atoms with Crippen LogP contribution in [0.3, 0.4) is 0 Å². The number of esters is 1. The van der Waals surface area contributed by atoms with E-state index in [2.05, 4.69) is 10.6 Å². The minimum Gasteiger partial charge on any atom is -0.497 e. The van der Waals surface area contributed by atoms with Crippen LogP contribution in [-0.2, 0) is 43.0 Å². The lowest BCUT2D eigenvalue weighted by atomic mass is 10.1. The number of carboxylic acids is 3. The molecule has 714 valence electrons. The Morgan fingerprint density at radius 2 is 0.810 bits per heavy atom. The number of amidine groups is 4. The summed E-state index contributed by atoms with van der Waals surface area (Å²) in [7, 11) is 4.45. The van der Waals surface area contributed by atoms with Crippen LogP contribution >= 0.6 is 45.3 Å². The molecule has 32 nitrogen and oxygen atoms in total. The number of fused-ring (bicyclic) bond motifs is 4. The van der Waals surface area contributed by atoms with E-state index in [1.165, 1.54) is 52.5 Å². The number of anilines is 2. The van der Waals surface area contributed by atoms with Gasteiger partial charge in [0.05, 0.1) is 60.7 Å². The highest BCUT2D eigenvalue weighted by Gasteiger charge is 2.39. The number of hydrogen-bond donors (Lipinski definition) is 14. The number of carboxylic acid groups (broad SMARTS) is 4. The number of morpholine rings is 1. The number of ether oxygens (including phenoxy) is 9. The zero-order chi connectivity index (χ0) is 99.8. The van der Waals surface area contributed by atoms with Gasteiger partial charge in [-0.15, -0.1) is 45.3 Å². The maximum Gasteiger partial charge on any atom is 0.490 e. The number of carbonyl (C=O) groups is 8. The van der Waals surface area contributed by atoms with Gasteiger partial charge in [0.2, 0.25) is 24.4 Å². The standard InChI is InChI=1S/C28H26N4O4S.C25H23N3O3S.C19H18N2O4S.C18H16N2O4S.2C2HF3O2.CH2O2/c29-26(30)24-17-21-22(7-4-8-23(21)37-24)36-25(18-5-2-1-3-6-18)27(33)31-20-11-9-19(10-12-20)28(34)32-13-15-35-16-14-32;1-2-30-18-11-6-10-17(14-18)28-25(29)23(16-8-4-3-5-9-16)31-20-12-7-13-21-19(20)15-22(32-21)24(26)27;1-23-13-6-3-11(4-7-13)17(19(22)24-2)25-14-8-5-12-9-16(18(20)21)26-15(12)10-14;1-23-12-5-2-10(3-6-12)16(18(21)22)24-13-7-4-11-8-15(17(19)20)25-14(11)9-13;2*3-2(4,5)1(6)7;2-1-3/h1-12,17,25H,13-16H2,(H3,29,30)(H,31,33);3-15,23H,2H2,1H3,(H3,26,27)(H,28,29);3-10,17H,1-2H3,(H3,20,21);2-9,16H,1H3,(H3,19,20)(H,21,22);2*(H,6,7);1H,(H,2,3). The maximum absolute atomic E-state index is 13.5. The van der Waals surface area contributed by atoms with Crippen molar-refractivity contribution in [3.05, 3.63) is 302 Å². The molecule has 4 unspecified atom stereocenters. The fourth-order valence-electron chi connectivity index (χ4n) is 12.4. The third kappa shape index (κ3) is 30.2. The molecule has 137 heavy (non-hydrogen) atoms. The summed E-state index contributed by atoms with van der Waals surface area (Å²) < 4.78 is 117. The van der Waals surface area contributed by atoms with Crippen molar-refractivity contribution in [2.75, 3.05) is 64.9 Å². The van der Waals surface area contributed by atoms with Gasteiger partial charge in [0.25, 0.3) is 24.2 Å². The van der Waals surface area contributed by atoms with Gasteiger partial charge < -0.3 is 102 Å². The summed E-state index contributed by atoms with van der Waals surface area (Å²) in [5, 5.41) is 70.5. The Morgan fingerprint density at radius 3 is 1.20 bits per heavy atom. The highest BCUT2D eigenvalue weighted by Crippen LogP contribution is 2.40. The second-order valence-electron chi connectivity index (χ2n) is 28.2. The molecule has 0 spiro atoms. The van der Waals surface area contributed by atoms with Crippen molar-refractivity contribution in [3.8, 4) is 40.2 Å². The number of nitrogens with two attached hydrogens (primary N) is 4. The first-order chi connectivity index (χ1) is 65.3. The highest BCUT2D eigenvalue weighted by molar-refractivity contribution is 7.22. The molecule has 0 bridgehead atoms. The Balaban J connectivity index is 0.000000195. The zero-order valence-electron chi connectivity index (χ0n) is 72.6. The molecule has 10 aromatic carbocycles. The number of thiophene rings is 4. The Bertz CT molecular complexity index is 6560. The molecule has 1 saturated heterocycles. The third-order valence-electron chi connectivity index (χ3n) is 18.8. The fraction of sp³-hybridized carbons (Fsp3) is 0.158. The number of nitrogens with zero attached hydrogens (tertiary/aromatic N) is 1. The number of halogens is 6. The predicted octanol–water partition coefficient (Wildman–Crippen LogP) is 17.6. The van der Waals surface area contributed by atoms with Crippen molar-refractivity contribution < 1.29 is 128 Å². The summed E-state index contributed by atoms with van der Waals surface area (Å²) in [5.41, 5.74) is 26.7. The van der Waals surface area contributed by atoms with E-state index in [1.54, 1.807) is 128 Å². The minimum atomic E-state index is -5.08. The number of alkyl halides is 6. The van der Waals surface area contributed by atoms with Crippen LogP contribution < -0.4 is 66.7 Å². The van der Waals surface area contributed by atoms with Crippen molar-refractivity contribution in [2.24, 2.45) is 22.9 Å². The van der Waals surface area contributed by atoms with Crippen LogP contribution in [0, 0.1) is 21.6 Å². The number of carbonyl (C=O) groups excluding carboxylic acids is 4. The highest BCUT2D eigenvalue weighted by atomic mass is 32.1. The van der Waals surface area contributed by atoms with Gasteiger partial charge in [-0.3, -0.25) is 40.8 Å². The molecule has 0 aliphatic carbocycles. The fourth-order valence-corrected chi connectivity index (χ4v) is 16.2. The van der Waals surface area contributed by atoms with Crippen molar-refractivity contribution in [2.45, 2.75) is 43.7 Å². The molecule has 18 N–H and O–H groups in total. The van der Waals surface area contributed by atoms with E-state index in [-0.39, 0.29) is 47.5 Å². The van der Waals surface area contributed by atoms with Crippen LogP contribution in [0.25, 0.3) is 40.3 Å². The van der Waals surface area contributed by atoms with E-state index in [0.29, 0.717) is 126 Å². The zero-order valence-corrected chi connectivity index (χ0v) is 75.8. The largest absolute Gasteiger partial charge is 0.497 e. The monoisotopic (exact) mass is 1960 g/mol. The van der Waals surface area contributed by atoms with Gasteiger partial charge in [-0.05, 0) is 163 Å². The van der Waals surface area contributed by atoms with Crippen LogP contribution in [0.2, 0.25) is 0 Å². The van der Waals surface area contributed by atoms with Gasteiger partial charge >= 0.3 is 36.2 Å². The van der Waals surface area contributed by atoms with Crippen LogP contribution in [0.1, 0.15) is 83.5 Å². The number of aliphatic carboxylic acids is 3. The summed E-state index contributed by atoms with van der Waals surface area (Å²) in [6.07, 6.45) is -14.0. The van der Waals surface area contributed by atoms with E-state index in [1.807, 2.05) is 153 Å². The summed E-state index contributed by atoms with van der Waals surface area (Å²) in [4.78, 5) is 93.9. The van der Waals surface area contributed by atoms with Gasteiger partial charge in [-0.2, -0.15) is 26.3 Å². The van der Waals surface area contributed by atoms with E-state index in [4.69, 9.17) is 117 Å². The lowest BCUT2D eigenvalue weighted by Gasteiger charge is -2.27. The average Bonchev–Trinajstić information content (AvgIpc) is 1.67. The van der Waals surface area contributed by atoms with E-state index in [9.17, 15) is 55.4 Å². The average molecular weight is 1960 g/mol. The quantitative estimate of drug-likeness (QED) is 0.00747. The molecule has 4 aromatic heterocycles. The topological polar surface area (TPSA) is 527 Å². The molecule has 14 aromatic rings. The molecule has 1 fully saturated rings. The number of nitrogen functional groups attached to an aromatic ring is 4. The third-order valence-corrected chi connectivity index (χ3v) is 23.4. The lowest BCUT2D eigenvalue weighted by Crippen LogP contribution is -2.40. The molecule has 3 amide bonds. The molecular formula is C95H87F6N11O21S4. The van der Waals surface area contributed by atoms with Crippen LogP contribution in [-0.4, -0.2) is 163 Å². The Kier molecular flexibility index (Phi) is 37.8. The van der Waals surface area contributed by atoms with E-state index in [0.717, 1.165) is 45.9 Å². The molecule has 1 aliphatic heterocycles. The van der Waals surface area contributed by atoms with Gasteiger partial charge in [0, 0.05) is 87.9 Å². The number of hydrogen-bond acceptors (Lipinski definition) is 25. The molecular weight excluding hydrogens is 1870 g/mol. The Morgan fingerprint density at radius 1 is 0.438 bits per heavy atom. The molecule has 0 saturated carbocycles. The number of rotatable bonds is 27. The maximum atomic E-state index is 13.5. The normalized spacial score (nSPS) is 12.2. The first-order valence-electron chi connectivity index (χ1n) is 40.2. The molecule has 0 radical (unpaired) electrons. The first kappa shape index (κ1) is 105. The summed E-state index contributed by atoms with van der Waals surface area (Å²) in [5.74, 6) is -3.72. The molecule has 4 atom stereocenters. The molecule has 5 heterocycles. The molecule has 42 heteroatoms. The summed E-state index contributed by atoms with van der Waals surface area (Å²) in [6, 6.07) is 75.7. The molecule has 15 rings (SSSR count). The minimum absolute atomic E-state index is 0.00341. The summed E-state index contributed by atoms with van der Waals surface area (Å²) in [6.45, 7) is 4.41. The van der Waals surface area contributed by atoms with Gasteiger partial charge in [0.15, 0.2) is 0 Å². The van der Waals surface area contributed by atoms with Crippen LogP contribution in [0.4, 0.5) is 37.7 Å². The second kappa shape index (κ2) is 49.5. The molecule has 1 aliphatic rings. The number of nitrogens with one attached hydrogen (secondary N) is 6. The number of methoxy groups -OCH3 is 3. The predicted molar refractivity (Wildman–Crippen MR) is 507 cm³/mol. The first-order valence-corrected chi connectivity index (χ1v) is 43.5. The summed E-state index contributed by atoms with van der Waals surface area (Å²) >= 11 is 5.58. The lowest BCUT2D eigenvalue weighted by molar-refractivity contribution is -0.193. The van der Waals surface area contributed by atoms with Crippen LogP contribution in [0.5, 0.6) is 40.2 Å². The van der Waals surface area contributed by atoms with Gasteiger partial charge in [-0.1, -0.05) is 103 Å². The van der Waals surface area contributed by atoms with Crippen molar-refractivity contribution in [3.63, 3.8) is 0 Å². The van der Waals surface area contributed by atoms with Crippen LogP contribution in [0.15, 0.2) is 255 Å². The SMILES string of the molecule is CCOc1cccc(NC(=O)C(Oc2cccc3sc(C(=N)N)cc23)c2ccccc2)c1.COC(=O)C(Oc1ccc2cc(C(=N)N)sc2c1)c1ccc(OC)cc1.COc1ccc(C(Oc2ccc3cc(C(=N)N)sc3c2)C(=O)O)cc1.N=C(N)c1cc2c(OC(C(=O)Nc3ccc(C(=O)N4CCOCC4)cc3)c3ccccc3)cccc2s1.O=C(O)C(F)(F)F.O=C(O)C(F)(F)F.O=CO. The second-order valence-corrected chi connectivity index (χ2v) is 32.5. The van der Waals surface area contributed by atoms with Gasteiger partial charge in [0.1, 0.15) is 63.6 Å². The number of amides is 3. The van der Waals surface area contributed by atoms with Crippen molar-refractivity contribution >= 4 is 168 Å². The van der Waals surface area contributed by atoms with Gasteiger partial charge in [-0.25, -0.2) is 19.2 Å². The number of benzene rings is 10. The smallest absolute Gasteiger partial charge is 0.490 e. The van der Waals surface area contributed by atoms with E-state index < -0.39 is 60.6 Å². The van der Waals surface area contributed by atoms with Crippen molar-refractivity contribution in [1.82, 2.24) is 4.90 Å². The Hall–Kier alpha value is -16.2.